The van der Waals surface area contributed by atoms with E-state index in [-0.39, 0.29) is 10.8 Å². The summed E-state index contributed by atoms with van der Waals surface area (Å²) < 4.78 is 37.7. The molecule has 0 radical (unpaired) electrons. The van der Waals surface area contributed by atoms with Crippen LogP contribution in [0.25, 0.3) is 0 Å². The molecule has 2 aromatic rings. The van der Waals surface area contributed by atoms with Crippen LogP contribution in [0.5, 0.6) is 0 Å². The minimum atomic E-state index is -4.75. The van der Waals surface area contributed by atoms with Gasteiger partial charge < -0.3 is 0 Å². The number of nitrogens with one attached hydrogen (secondary N) is 1. The lowest BCUT2D eigenvalue weighted by Gasteiger charge is -2.01. The molecule has 0 aliphatic heterocycles. The molecule has 0 spiro atoms. The normalized spacial score (nSPS) is 10.9. The van der Waals surface area contributed by atoms with Crippen molar-refractivity contribution in [2.75, 3.05) is 5.32 Å². The molecule has 1 amide bonds. The van der Waals surface area contributed by atoms with Gasteiger partial charge in [-0.1, -0.05) is 11.3 Å². The molecule has 6 nitrogen and oxygen atoms in total. The van der Waals surface area contributed by atoms with E-state index < -0.39 is 22.7 Å². The first-order valence-corrected chi connectivity index (χ1v) is 5.79. The standard InChI is InChI=1S/C10H4F3N5OS/c11-10(12,13)7-6(3-14)20-9(17-7)18-8(19)5-4-15-1-2-16-5/h1-2,4H,(H,17,18,19). The number of hydrogen-bond acceptors (Lipinski definition) is 6. The molecular weight excluding hydrogens is 295 g/mol. The van der Waals surface area contributed by atoms with Crippen molar-refractivity contribution in [2.45, 2.75) is 6.18 Å². The van der Waals surface area contributed by atoms with Crippen molar-refractivity contribution in [3.05, 3.63) is 34.9 Å². The SMILES string of the molecule is N#Cc1sc(NC(=O)c2cnccn2)nc1C(F)(F)F. The van der Waals surface area contributed by atoms with Crippen molar-refractivity contribution in [3.8, 4) is 6.07 Å². The van der Waals surface area contributed by atoms with Gasteiger partial charge in [-0.05, 0) is 0 Å². The van der Waals surface area contributed by atoms with Gasteiger partial charge in [0.25, 0.3) is 5.91 Å². The molecule has 0 fully saturated rings. The monoisotopic (exact) mass is 299 g/mol. The lowest BCUT2D eigenvalue weighted by molar-refractivity contribution is -0.140. The van der Waals surface area contributed by atoms with Crippen molar-refractivity contribution < 1.29 is 18.0 Å². The summed E-state index contributed by atoms with van der Waals surface area (Å²) in [5.41, 5.74) is -1.39. The minimum absolute atomic E-state index is 0.0743. The number of alkyl halides is 3. The number of anilines is 1. The molecule has 10 heteroatoms. The Bertz CT molecular complexity index is 676. The van der Waals surface area contributed by atoms with E-state index >= 15 is 0 Å². The molecule has 20 heavy (non-hydrogen) atoms. The zero-order chi connectivity index (χ0) is 14.8. The molecule has 0 aliphatic carbocycles. The summed E-state index contributed by atoms with van der Waals surface area (Å²) in [6.07, 6.45) is -0.996. The van der Waals surface area contributed by atoms with Crippen molar-refractivity contribution in [1.82, 2.24) is 15.0 Å². The fourth-order valence-corrected chi connectivity index (χ4v) is 2.00. The van der Waals surface area contributed by atoms with Gasteiger partial charge in [-0.15, -0.1) is 0 Å². The second kappa shape index (κ2) is 5.22. The molecule has 0 unspecified atom stereocenters. The quantitative estimate of drug-likeness (QED) is 0.916. The zero-order valence-corrected chi connectivity index (χ0v) is 10.3. The fraction of sp³-hybridized carbons (Fsp3) is 0.100. The third-order valence-electron chi connectivity index (χ3n) is 2.01. The van der Waals surface area contributed by atoms with Crippen LogP contribution in [0.2, 0.25) is 0 Å². The molecule has 2 aromatic heterocycles. The highest BCUT2D eigenvalue weighted by Crippen LogP contribution is 2.35. The Hall–Kier alpha value is -2.54. The van der Waals surface area contributed by atoms with E-state index in [1.54, 1.807) is 0 Å². The maximum absolute atomic E-state index is 12.6. The zero-order valence-electron chi connectivity index (χ0n) is 9.47. The lowest BCUT2D eigenvalue weighted by Crippen LogP contribution is -2.14. The lowest BCUT2D eigenvalue weighted by atomic mass is 10.4. The topological polar surface area (TPSA) is 91.6 Å². The Morgan fingerprint density at radius 2 is 2.15 bits per heavy atom. The van der Waals surface area contributed by atoms with Crippen LogP contribution in [-0.4, -0.2) is 20.9 Å². The van der Waals surface area contributed by atoms with Crippen molar-refractivity contribution in [3.63, 3.8) is 0 Å². The smallest absolute Gasteiger partial charge is 0.296 e. The number of hydrogen-bond donors (Lipinski definition) is 1. The fourth-order valence-electron chi connectivity index (χ4n) is 1.22. The van der Waals surface area contributed by atoms with Gasteiger partial charge in [-0.2, -0.15) is 18.4 Å². The summed E-state index contributed by atoms with van der Waals surface area (Å²) in [5, 5.41) is 10.4. The molecule has 1 N–H and O–H groups in total. The van der Waals surface area contributed by atoms with Gasteiger partial charge in [0.15, 0.2) is 10.8 Å². The number of rotatable bonds is 2. The molecule has 0 saturated carbocycles. The van der Waals surface area contributed by atoms with Gasteiger partial charge in [0.1, 0.15) is 16.6 Å². The van der Waals surface area contributed by atoms with Gasteiger partial charge in [0.2, 0.25) is 0 Å². The average Bonchev–Trinajstić information content (AvgIpc) is 2.83. The number of carbonyl (C=O) groups excluding carboxylic acids is 1. The van der Waals surface area contributed by atoms with E-state index in [4.69, 9.17) is 5.26 Å². The molecule has 2 rings (SSSR count). The molecular formula is C10H4F3N5OS. The predicted octanol–water partition coefficient (Wildman–Crippen LogP) is 2.08. The van der Waals surface area contributed by atoms with Crippen molar-refractivity contribution in [1.29, 1.82) is 5.26 Å². The molecule has 0 aromatic carbocycles. The van der Waals surface area contributed by atoms with E-state index in [1.807, 2.05) is 0 Å². The van der Waals surface area contributed by atoms with E-state index in [1.165, 1.54) is 18.5 Å². The van der Waals surface area contributed by atoms with Crippen LogP contribution >= 0.6 is 11.3 Å². The second-order valence-corrected chi connectivity index (χ2v) is 4.35. The first kappa shape index (κ1) is 13.9. The molecule has 0 saturated heterocycles. The molecule has 0 atom stereocenters. The molecule has 102 valence electrons. The number of thiazole rings is 1. The molecule has 0 bridgehead atoms. The van der Waals surface area contributed by atoms with Crippen LogP contribution in [0.4, 0.5) is 18.3 Å². The van der Waals surface area contributed by atoms with Crippen LogP contribution in [-0.2, 0) is 6.18 Å². The van der Waals surface area contributed by atoms with E-state index in [0.29, 0.717) is 11.3 Å². The van der Waals surface area contributed by atoms with Crippen LogP contribution in [0, 0.1) is 11.3 Å². The Morgan fingerprint density at radius 3 is 2.65 bits per heavy atom. The highest BCUT2D eigenvalue weighted by atomic mass is 32.1. The van der Waals surface area contributed by atoms with Gasteiger partial charge in [-0.25, -0.2) is 9.97 Å². The number of nitriles is 1. The number of nitrogens with zero attached hydrogens (tertiary/aromatic N) is 4. The maximum Gasteiger partial charge on any atom is 0.435 e. The summed E-state index contributed by atoms with van der Waals surface area (Å²) in [4.78, 5) is 21.6. The van der Waals surface area contributed by atoms with E-state index in [9.17, 15) is 18.0 Å². The van der Waals surface area contributed by atoms with E-state index in [0.717, 1.165) is 6.20 Å². The van der Waals surface area contributed by atoms with Gasteiger partial charge in [-0.3, -0.25) is 15.1 Å². The van der Waals surface area contributed by atoms with Crippen molar-refractivity contribution in [2.24, 2.45) is 0 Å². The Kier molecular flexibility index (Phi) is 3.62. The largest absolute Gasteiger partial charge is 0.435 e. The number of carbonyl (C=O) groups is 1. The highest BCUT2D eigenvalue weighted by molar-refractivity contribution is 7.16. The average molecular weight is 299 g/mol. The summed E-state index contributed by atoms with van der Waals surface area (Å²) in [7, 11) is 0. The maximum atomic E-state index is 12.6. The highest BCUT2D eigenvalue weighted by Gasteiger charge is 2.38. The third-order valence-corrected chi connectivity index (χ3v) is 2.89. The Morgan fingerprint density at radius 1 is 1.40 bits per heavy atom. The Labute approximate surface area is 113 Å². The number of aromatic nitrogens is 3. The first-order chi connectivity index (χ1) is 9.41. The predicted molar refractivity (Wildman–Crippen MR) is 61.8 cm³/mol. The van der Waals surface area contributed by atoms with E-state index in [2.05, 4.69) is 20.3 Å². The Balaban J connectivity index is 2.26. The molecule has 2 heterocycles. The summed E-state index contributed by atoms with van der Waals surface area (Å²) >= 11 is 0.437. The minimum Gasteiger partial charge on any atom is -0.296 e. The van der Waals surface area contributed by atoms with Gasteiger partial charge in [0.05, 0.1) is 6.20 Å². The first-order valence-electron chi connectivity index (χ1n) is 4.97. The van der Waals surface area contributed by atoms with Crippen LogP contribution in [0.3, 0.4) is 0 Å². The van der Waals surface area contributed by atoms with Crippen LogP contribution < -0.4 is 5.32 Å². The number of amides is 1. The second-order valence-electron chi connectivity index (χ2n) is 3.35. The van der Waals surface area contributed by atoms with Gasteiger partial charge >= 0.3 is 6.18 Å². The summed E-state index contributed by atoms with van der Waals surface area (Å²) in [6.45, 7) is 0. The summed E-state index contributed by atoms with van der Waals surface area (Å²) in [6, 6.07) is 1.39. The molecule has 0 aliphatic rings. The third kappa shape index (κ3) is 2.89. The van der Waals surface area contributed by atoms with Crippen LogP contribution in [0.1, 0.15) is 21.1 Å². The summed E-state index contributed by atoms with van der Waals surface area (Å²) in [5.74, 6) is -0.759. The van der Waals surface area contributed by atoms with Crippen LogP contribution in [0.15, 0.2) is 18.6 Å². The van der Waals surface area contributed by atoms with Crippen molar-refractivity contribution >= 4 is 22.4 Å². The number of halogens is 3. The van der Waals surface area contributed by atoms with Gasteiger partial charge in [0, 0.05) is 12.4 Å².